The zero-order chi connectivity index (χ0) is 16.2. The van der Waals surface area contributed by atoms with E-state index in [1.54, 1.807) is 0 Å². The molecule has 0 bridgehead atoms. The van der Waals surface area contributed by atoms with E-state index < -0.39 is 9.75 Å². The molecule has 0 spiro atoms. The van der Waals surface area contributed by atoms with Crippen molar-refractivity contribution in [1.82, 2.24) is 0 Å². The summed E-state index contributed by atoms with van der Waals surface area (Å²) in [6.45, 7) is 4.21. The van der Waals surface area contributed by atoms with Crippen LogP contribution in [0, 0.1) is 0 Å². The monoisotopic (exact) mass is 430 g/mol. The van der Waals surface area contributed by atoms with Gasteiger partial charge in [0.2, 0.25) is 0 Å². The molecule has 0 saturated carbocycles. The molecular formula is C21H18Cl2Zr. The van der Waals surface area contributed by atoms with Gasteiger partial charge in [0.25, 0.3) is 0 Å². The third kappa shape index (κ3) is 2.52. The van der Waals surface area contributed by atoms with Gasteiger partial charge in [-0.1, -0.05) is 60.7 Å². The first kappa shape index (κ1) is 18.2. The van der Waals surface area contributed by atoms with E-state index >= 15 is 0 Å². The summed E-state index contributed by atoms with van der Waals surface area (Å²) in [6, 6.07) is 16.7. The van der Waals surface area contributed by atoms with Crippen LogP contribution in [0.3, 0.4) is 0 Å². The van der Waals surface area contributed by atoms with Gasteiger partial charge in [0.1, 0.15) is 0 Å². The van der Waals surface area contributed by atoms with Gasteiger partial charge in [-0.25, -0.2) is 0 Å². The largest absolute Gasteiger partial charge is 0.109 e. The molecule has 2 aliphatic carbocycles. The first-order valence-electron chi connectivity index (χ1n) is 7.89. The van der Waals surface area contributed by atoms with Crippen LogP contribution >= 0.6 is 23.2 Å². The minimum Gasteiger partial charge on any atom is -0.109 e. The van der Waals surface area contributed by atoms with Crippen LogP contribution in [0.2, 0.25) is 0 Å². The van der Waals surface area contributed by atoms with Crippen molar-refractivity contribution >= 4 is 35.4 Å². The van der Waals surface area contributed by atoms with E-state index in [9.17, 15) is 0 Å². The number of halogens is 2. The second-order valence-corrected chi connectivity index (χ2v) is 7.90. The standard InChI is InChI=1S/C21H18Cl2.Zr/c1-14-11-16-7-3-5-9-18(16)20(14,22)13-21(23)15(2)12-17-8-4-6-10-19(17)21;/h3-12H,13H2,1-2H3;. The number of alkyl halides is 2. The summed E-state index contributed by atoms with van der Waals surface area (Å²) in [6.07, 6.45) is 5.02. The van der Waals surface area contributed by atoms with Crippen LogP contribution in [0.15, 0.2) is 59.7 Å². The summed E-state index contributed by atoms with van der Waals surface area (Å²) in [7, 11) is 0. The van der Waals surface area contributed by atoms with E-state index in [1.807, 2.05) is 0 Å². The summed E-state index contributed by atoms with van der Waals surface area (Å²) in [5.74, 6) is 0. The maximum Gasteiger partial charge on any atom is 0.0933 e. The normalized spacial score (nSPS) is 27.0. The molecule has 2 atom stereocenters. The van der Waals surface area contributed by atoms with Crippen molar-refractivity contribution in [3.8, 4) is 0 Å². The Morgan fingerprint density at radius 1 is 0.708 bits per heavy atom. The third-order valence-corrected chi connectivity index (χ3v) is 6.53. The zero-order valence-electron chi connectivity index (χ0n) is 13.7. The van der Waals surface area contributed by atoms with Crippen LogP contribution in [0.5, 0.6) is 0 Å². The summed E-state index contributed by atoms with van der Waals surface area (Å²) >= 11 is 14.3. The molecule has 0 N–H and O–H groups in total. The van der Waals surface area contributed by atoms with Crippen molar-refractivity contribution in [3.05, 3.63) is 81.9 Å². The van der Waals surface area contributed by atoms with Gasteiger partial charge in [-0.2, -0.15) is 0 Å². The van der Waals surface area contributed by atoms with Crippen molar-refractivity contribution in [2.24, 2.45) is 0 Å². The molecule has 4 rings (SSSR count). The van der Waals surface area contributed by atoms with Gasteiger partial charge in [0.05, 0.1) is 9.75 Å². The molecule has 0 amide bonds. The van der Waals surface area contributed by atoms with Crippen LogP contribution in [0.4, 0.5) is 0 Å². The average Bonchev–Trinajstić information content (AvgIpc) is 2.93. The molecule has 2 unspecified atom stereocenters. The maximum absolute atomic E-state index is 7.17. The molecule has 0 saturated heterocycles. The van der Waals surface area contributed by atoms with Crippen molar-refractivity contribution in [3.63, 3.8) is 0 Å². The van der Waals surface area contributed by atoms with E-state index in [-0.39, 0.29) is 26.2 Å². The van der Waals surface area contributed by atoms with E-state index in [2.05, 4.69) is 74.5 Å². The van der Waals surface area contributed by atoms with Gasteiger partial charge in [0, 0.05) is 32.6 Å². The second-order valence-electron chi connectivity index (χ2n) is 6.61. The molecule has 2 aromatic carbocycles. The fourth-order valence-electron chi connectivity index (χ4n) is 3.89. The quantitative estimate of drug-likeness (QED) is 0.477. The molecule has 120 valence electrons. The number of benzene rings is 2. The minimum atomic E-state index is -0.551. The van der Waals surface area contributed by atoms with Crippen LogP contribution in [-0.2, 0) is 36.0 Å². The molecule has 0 aliphatic heterocycles. The zero-order valence-corrected chi connectivity index (χ0v) is 17.7. The van der Waals surface area contributed by atoms with Crippen LogP contribution < -0.4 is 0 Å². The summed E-state index contributed by atoms with van der Waals surface area (Å²) in [5, 5.41) is 0. The Morgan fingerprint density at radius 2 is 1.08 bits per heavy atom. The number of allylic oxidation sites excluding steroid dienone is 2. The van der Waals surface area contributed by atoms with E-state index in [0.717, 1.165) is 22.3 Å². The Bertz CT molecular complexity index is 796. The molecule has 2 aliphatic rings. The topological polar surface area (TPSA) is 0 Å². The summed E-state index contributed by atoms with van der Waals surface area (Å²) < 4.78 is 0. The SMILES string of the molecule is CC1=Cc2ccccc2C1(Cl)CC1(Cl)C(C)=Cc2ccccc21.[Zr]. The number of hydrogen-bond acceptors (Lipinski definition) is 0. The number of hydrogen-bond donors (Lipinski definition) is 0. The van der Waals surface area contributed by atoms with Gasteiger partial charge >= 0.3 is 0 Å². The summed E-state index contributed by atoms with van der Waals surface area (Å²) in [5.41, 5.74) is 7.06. The van der Waals surface area contributed by atoms with Gasteiger partial charge in [0.15, 0.2) is 0 Å². The first-order chi connectivity index (χ1) is 10.9. The molecule has 0 nitrogen and oxygen atoms in total. The van der Waals surface area contributed by atoms with Crippen LogP contribution in [-0.4, -0.2) is 0 Å². The predicted molar refractivity (Wildman–Crippen MR) is 99.9 cm³/mol. The number of fused-ring (bicyclic) bond motifs is 2. The van der Waals surface area contributed by atoms with E-state index in [0.29, 0.717) is 6.42 Å². The fraction of sp³-hybridized carbons (Fsp3) is 0.238. The molecule has 3 heteroatoms. The Morgan fingerprint density at radius 3 is 1.50 bits per heavy atom. The predicted octanol–water partition coefficient (Wildman–Crippen LogP) is 6.48. The van der Waals surface area contributed by atoms with E-state index in [4.69, 9.17) is 23.2 Å². The maximum atomic E-state index is 7.17. The Hall–Kier alpha value is -0.617. The first-order valence-corrected chi connectivity index (χ1v) is 8.65. The van der Waals surface area contributed by atoms with Gasteiger partial charge < -0.3 is 0 Å². The van der Waals surface area contributed by atoms with Crippen LogP contribution in [0.25, 0.3) is 12.2 Å². The van der Waals surface area contributed by atoms with Gasteiger partial charge in [-0.05, 0) is 47.2 Å². The molecular weight excluding hydrogens is 414 g/mol. The molecule has 0 aromatic heterocycles. The molecule has 24 heavy (non-hydrogen) atoms. The van der Waals surface area contributed by atoms with Crippen molar-refractivity contribution in [1.29, 1.82) is 0 Å². The minimum absolute atomic E-state index is 0. The number of rotatable bonds is 2. The van der Waals surface area contributed by atoms with Crippen molar-refractivity contribution in [2.75, 3.05) is 0 Å². The second kappa shape index (κ2) is 6.28. The molecule has 0 radical (unpaired) electrons. The Kier molecular flexibility index (Phi) is 4.75. The Labute approximate surface area is 172 Å². The van der Waals surface area contributed by atoms with Crippen molar-refractivity contribution < 1.29 is 26.2 Å². The molecule has 2 aromatic rings. The molecule has 0 fully saturated rings. The van der Waals surface area contributed by atoms with Crippen LogP contribution in [0.1, 0.15) is 42.5 Å². The van der Waals surface area contributed by atoms with Gasteiger partial charge in [-0.15, -0.1) is 23.2 Å². The third-order valence-electron chi connectivity index (χ3n) is 5.26. The van der Waals surface area contributed by atoms with Gasteiger partial charge in [-0.3, -0.25) is 0 Å². The van der Waals surface area contributed by atoms with Crippen molar-refractivity contribution in [2.45, 2.75) is 30.0 Å². The average molecular weight is 433 g/mol. The fourth-order valence-corrected chi connectivity index (χ4v) is 4.82. The smallest absolute Gasteiger partial charge is 0.0933 e. The Balaban J connectivity index is 0.00000169. The summed E-state index contributed by atoms with van der Waals surface area (Å²) in [4.78, 5) is -1.10. The molecule has 0 heterocycles. The van der Waals surface area contributed by atoms with E-state index in [1.165, 1.54) is 11.1 Å².